The van der Waals surface area contributed by atoms with E-state index >= 15 is 0 Å². The zero-order valence-electron chi connectivity index (χ0n) is 22.2. The molecule has 6 aromatic carbocycles. The lowest BCUT2D eigenvalue weighted by molar-refractivity contribution is 0.487. The van der Waals surface area contributed by atoms with Gasteiger partial charge in [0.05, 0.1) is 11.4 Å². The molecule has 0 fully saturated rings. The standard InChI is InChI=1S/C38H24N2O/c1-3-12-25(13-4-1)33-24-34(40-38(39-33)26-14-5-2-6-15-26)29-17-8-7-16-27(29)28-22-23-36-37-31(28)19-11-20-32(37)30-18-9-10-21-35(30)41-36/h1-24H. The molecule has 1 aliphatic rings. The molecule has 1 aliphatic heterocycles. The van der Waals surface area contributed by atoms with E-state index in [0.717, 1.165) is 67.0 Å². The minimum absolute atomic E-state index is 0.707. The van der Waals surface area contributed by atoms with Gasteiger partial charge in [-0.05, 0) is 40.3 Å². The minimum Gasteiger partial charge on any atom is -0.456 e. The number of rotatable bonds is 4. The molecule has 3 nitrogen and oxygen atoms in total. The first-order valence-electron chi connectivity index (χ1n) is 13.8. The smallest absolute Gasteiger partial charge is 0.160 e. The van der Waals surface area contributed by atoms with Gasteiger partial charge in [0.1, 0.15) is 11.5 Å². The normalized spacial score (nSPS) is 11.6. The molecule has 0 unspecified atom stereocenters. The van der Waals surface area contributed by atoms with Crippen molar-refractivity contribution in [2.45, 2.75) is 0 Å². The predicted octanol–water partition coefficient (Wildman–Crippen LogP) is 10.1. The van der Waals surface area contributed by atoms with Crippen LogP contribution in [0.1, 0.15) is 0 Å². The number of aromatic nitrogens is 2. The summed E-state index contributed by atoms with van der Waals surface area (Å²) < 4.78 is 6.36. The number of nitrogens with zero attached hydrogens (tertiary/aromatic N) is 2. The SMILES string of the molecule is c1ccc(-c2cc(-c3ccccc3-c3ccc4c5c(cccc35)-c3ccccc3O4)nc(-c3ccccc3)n2)cc1. The van der Waals surface area contributed by atoms with Crippen molar-refractivity contribution in [2.24, 2.45) is 0 Å². The number of benzene rings is 6. The Morgan fingerprint density at radius 1 is 0.390 bits per heavy atom. The molecule has 8 rings (SSSR count). The van der Waals surface area contributed by atoms with Gasteiger partial charge in [-0.25, -0.2) is 9.97 Å². The number of fused-ring (bicyclic) bond motifs is 2. The second-order valence-corrected chi connectivity index (χ2v) is 10.2. The highest BCUT2D eigenvalue weighted by atomic mass is 16.5. The lowest BCUT2D eigenvalue weighted by Crippen LogP contribution is -1.99. The molecule has 0 radical (unpaired) electrons. The zero-order valence-corrected chi connectivity index (χ0v) is 22.2. The van der Waals surface area contributed by atoms with Crippen LogP contribution < -0.4 is 4.74 Å². The first kappa shape index (κ1) is 23.4. The van der Waals surface area contributed by atoms with Crippen molar-refractivity contribution in [1.29, 1.82) is 0 Å². The molecule has 2 heterocycles. The van der Waals surface area contributed by atoms with E-state index < -0.39 is 0 Å². The molecular weight excluding hydrogens is 500 g/mol. The predicted molar refractivity (Wildman–Crippen MR) is 167 cm³/mol. The quantitative estimate of drug-likeness (QED) is 0.230. The summed E-state index contributed by atoms with van der Waals surface area (Å²) in [5.74, 6) is 2.48. The largest absolute Gasteiger partial charge is 0.456 e. The monoisotopic (exact) mass is 524 g/mol. The van der Waals surface area contributed by atoms with Crippen LogP contribution in [0.4, 0.5) is 0 Å². The Balaban J connectivity index is 1.36. The fraction of sp³-hybridized carbons (Fsp3) is 0. The van der Waals surface area contributed by atoms with Gasteiger partial charge < -0.3 is 4.74 Å². The highest BCUT2D eigenvalue weighted by Crippen LogP contribution is 2.49. The maximum absolute atomic E-state index is 6.36. The Morgan fingerprint density at radius 2 is 1.02 bits per heavy atom. The van der Waals surface area contributed by atoms with Crippen molar-refractivity contribution < 1.29 is 4.74 Å². The van der Waals surface area contributed by atoms with Gasteiger partial charge in [-0.1, -0.05) is 127 Å². The molecular formula is C38H24N2O. The van der Waals surface area contributed by atoms with E-state index in [1.165, 1.54) is 5.56 Å². The Bertz CT molecular complexity index is 2010. The van der Waals surface area contributed by atoms with E-state index in [0.29, 0.717) is 5.82 Å². The molecule has 7 aromatic rings. The molecule has 0 N–H and O–H groups in total. The van der Waals surface area contributed by atoms with Gasteiger partial charge in [0.15, 0.2) is 5.82 Å². The third kappa shape index (κ3) is 3.98. The summed E-state index contributed by atoms with van der Waals surface area (Å²) in [6, 6.07) is 50.1. The van der Waals surface area contributed by atoms with Crippen molar-refractivity contribution in [2.75, 3.05) is 0 Å². The third-order valence-corrected chi connectivity index (χ3v) is 7.72. The number of ether oxygens (including phenoxy) is 1. The van der Waals surface area contributed by atoms with E-state index in [9.17, 15) is 0 Å². The van der Waals surface area contributed by atoms with Crippen molar-refractivity contribution in [3.05, 3.63) is 146 Å². The zero-order chi connectivity index (χ0) is 27.2. The second-order valence-electron chi connectivity index (χ2n) is 10.2. The van der Waals surface area contributed by atoms with Gasteiger partial charge in [-0.2, -0.15) is 0 Å². The van der Waals surface area contributed by atoms with Gasteiger partial charge in [0.25, 0.3) is 0 Å². The highest BCUT2D eigenvalue weighted by molar-refractivity contribution is 6.11. The van der Waals surface area contributed by atoms with Crippen LogP contribution in [0, 0.1) is 0 Å². The van der Waals surface area contributed by atoms with Gasteiger partial charge in [0.2, 0.25) is 0 Å². The van der Waals surface area contributed by atoms with Gasteiger partial charge in [0, 0.05) is 27.6 Å². The van der Waals surface area contributed by atoms with Crippen molar-refractivity contribution in [3.8, 4) is 67.7 Å². The molecule has 0 spiro atoms. The maximum Gasteiger partial charge on any atom is 0.160 e. The van der Waals surface area contributed by atoms with Crippen LogP contribution in [0.5, 0.6) is 11.5 Å². The van der Waals surface area contributed by atoms with Crippen molar-refractivity contribution in [3.63, 3.8) is 0 Å². The number of hydrogen-bond donors (Lipinski definition) is 0. The van der Waals surface area contributed by atoms with E-state index in [1.54, 1.807) is 0 Å². The second kappa shape index (κ2) is 9.58. The molecule has 0 aliphatic carbocycles. The summed E-state index contributed by atoms with van der Waals surface area (Å²) in [4.78, 5) is 10.1. The number of para-hydroxylation sites is 1. The molecule has 0 saturated heterocycles. The topological polar surface area (TPSA) is 35.0 Å². The van der Waals surface area contributed by atoms with Gasteiger partial charge >= 0.3 is 0 Å². The van der Waals surface area contributed by atoms with Crippen LogP contribution in [0.2, 0.25) is 0 Å². The van der Waals surface area contributed by atoms with Crippen LogP contribution in [0.25, 0.3) is 66.9 Å². The molecule has 3 heteroatoms. The van der Waals surface area contributed by atoms with Crippen LogP contribution in [-0.2, 0) is 0 Å². The van der Waals surface area contributed by atoms with Crippen LogP contribution in [0.15, 0.2) is 146 Å². The summed E-state index contributed by atoms with van der Waals surface area (Å²) >= 11 is 0. The molecule has 1 aromatic heterocycles. The van der Waals surface area contributed by atoms with Gasteiger partial charge in [-0.3, -0.25) is 0 Å². The number of hydrogen-bond acceptors (Lipinski definition) is 3. The van der Waals surface area contributed by atoms with E-state index in [-0.39, 0.29) is 0 Å². The average Bonchev–Trinajstić information content (AvgIpc) is 3.06. The Kier molecular flexibility index (Phi) is 5.46. The lowest BCUT2D eigenvalue weighted by atomic mass is 9.88. The molecule has 41 heavy (non-hydrogen) atoms. The maximum atomic E-state index is 6.36. The van der Waals surface area contributed by atoms with E-state index in [2.05, 4.69) is 97.1 Å². The fourth-order valence-electron chi connectivity index (χ4n) is 5.82. The third-order valence-electron chi connectivity index (χ3n) is 7.72. The minimum atomic E-state index is 0.707. The summed E-state index contributed by atoms with van der Waals surface area (Å²) in [5.41, 5.74) is 9.45. The Hall–Kier alpha value is -5.54. The molecule has 0 atom stereocenters. The molecule has 192 valence electrons. The van der Waals surface area contributed by atoms with Crippen LogP contribution >= 0.6 is 0 Å². The average molecular weight is 525 g/mol. The van der Waals surface area contributed by atoms with E-state index in [4.69, 9.17) is 14.7 Å². The highest BCUT2D eigenvalue weighted by Gasteiger charge is 2.22. The summed E-state index contributed by atoms with van der Waals surface area (Å²) in [7, 11) is 0. The molecule has 0 saturated carbocycles. The van der Waals surface area contributed by atoms with Crippen LogP contribution in [-0.4, -0.2) is 9.97 Å². The summed E-state index contributed by atoms with van der Waals surface area (Å²) in [6.45, 7) is 0. The molecule has 0 bridgehead atoms. The Labute approximate surface area is 238 Å². The first-order chi connectivity index (χ1) is 20.3. The molecule has 0 amide bonds. The van der Waals surface area contributed by atoms with Gasteiger partial charge in [-0.15, -0.1) is 0 Å². The fourth-order valence-corrected chi connectivity index (χ4v) is 5.82. The Morgan fingerprint density at radius 3 is 1.83 bits per heavy atom. The van der Waals surface area contributed by atoms with E-state index in [1.807, 2.05) is 48.5 Å². The first-order valence-corrected chi connectivity index (χ1v) is 13.8. The van der Waals surface area contributed by atoms with Crippen molar-refractivity contribution >= 4 is 10.8 Å². The lowest BCUT2D eigenvalue weighted by Gasteiger charge is -2.23. The summed E-state index contributed by atoms with van der Waals surface area (Å²) in [6.07, 6.45) is 0. The summed E-state index contributed by atoms with van der Waals surface area (Å²) in [5, 5.41) is 2.29. The van der Waals surface area contributed by atoms with Crippen LogP contribution in [0.3, 0.4) is 0 Å². The van der Waals surface area contributed by atoms with Crippen molar-refractivity contribution in [1.82, 2.24) is 9.97 Å².